The summed E-state index contributed by atoms with van der Waals surface area (Å²) in [5.74, 6) is -0.932. The van der Waals surface area contributed by atoms with Crippen LogP contribution >= 0.6 is 11.5 Å². The maximum atomic E-state index is 11.3. The molecule has 1 rings (SSSR count). The van der Waals surface area contributed by atoms with Crippen molar-refractivity contribution in [3.05, 3.63) is 11.1 Å². The summed E-state index contributed by atoms with van der Waals surface area (Å²) >= 11 is 1.07. The number of ether oxygens (including phenoxy) is 1. The maximum Gasteiger partial charge on any atom is 0.328 e. The summed E-state index contributed by atoms with van der Waals surface area (Å²) < 4.78 is 7.97. The van der Waals surface area contributed by atoms with E-state index in [1.165, 1.54) is 19.4 Å². The van der Waals surface area contributed by atoms with Crippen LogP contribution in [-0.2, 0) is 9.53 Å². The zero-order valence-electron chi connectivity index (χ0n) is 7.68. The molecule has 0 aromatic carbocycles. The summed E-state index contributed by atoms with van der Waals surface area (Å²) in [6.07, 6.45) is 0. The first-order valence-corrected chi connectivity index (χ1v) is 4.64. The third kappa shape index (κ3) is 2.49. The van der Waals surface area contributed by atoms with Crippen molar-refractivity contribution in [1.29, 1.82) is 0 Å². The van der Waals surface area contributed by atoms with E-state index in [1.54, 1.807) is 0 Å². The minimum Gasteiger partial charge on any atom is -0.467 e. The van der Waals surface area contributed by atoms with Gasteiger partial charge in [-0.3, -0.25) is 4.79 Å². The molecule has 1 unspecified atom stereocenters. The number of esters is 1. The Morgan fingerprint density at radius 2 is 2.36 bits per heavy atom. The van der Waals surface area contributed by atoms with Crippen molar-refractivity contribution >= 4 is 23.4 Å². The molecule has 0 saturated heterocycles. The Morgan fingerprint density at radius 1 is 1.64 bits per heavy atom. The van der Waals surface area contributed by atoms with Crippen molar-refractivity contribution in [2.24, 2.45) is 0 Å². The van der Waals surface area contributed by atoms with E-state index in [-0.39, 0.29) is 5.69 Å². The summed E-state index contributed by atoms with van der Waals surface area (Å²) in [6, 6.07) is -0.686. The minimum atomic E-state index is -0.686. The average molecular weight is 215 g/mol. The summed E-state index contributed by atoms with van der Waals surface area (Å²) in [4.78, 5) is 22.3. The molecular weight excluding hydrogens is 206 g/mol. The van der Waals surface area contributed by atoms with Crippen LogP contribution in [0.15, 0.2) is 5.38 Å². The van der Waals surface area contributed by atoms with Gasteiger partial charge in [-0.1, -0.05) is 4.49 Å². The first kappa shape index (κ1) is 10.6. The molecule has 1 aromatic rings. The topological polar surface area (TPSA) is 81.2 Å². The Bertz CT molecular complexity index is 325. The molecule has 6 nitrogen and oxygen atoms in total. The highest BCUT2D eigenvalue weighted by Gasteiger charge is 2.17. The van der Waals surface area contributed by atoms with Crippen LogP contribution in [0.1, 0.15) is 17.4 Å². The molecule has 1 amide bonds. The van der Waals surface area contributed by atoms with Crippen molar-refractivity contribution in [1.82, 2.24) is 14.9 Å². The van der Waals surface area contributed by atoms with Gasteiger partial charge in [0.15, 0.2) is 5.69 Å². The van der Waals surface area contributed by atoms with Crippen LogP contribution in [-0.4, -0.2) is 34.6 Å². The summed E-state index contributed by atoms with van der Waals surface area (Å²) in [5.41, 5.74) is 0.200. The largest absolute Gasteiger partial charge is 0.467 e. The number of hydrogen-bond donors (Lipinski definition) is 1. The predicted molar refractivity (Wildman–Crippen MR) is 48.9 cm³/mol. The number of carbonyl (C=O) groups is 2. The van der Waals surface area contributed by atoms with Gasteiger partial charge in [-0.25, -0.2) is 4.79 Å². The average Bonchev–Trinajstić information content (AvgIpc) is 2.69. The molecule has 1 heterocycles. The van der Waals surface area contributed by atoms with E-state index < -0.39 is 17.9 Å². The minimum absolute atomic E-state index is 0.200. The molecule has 1 aromatic heterocycles. The van der Waals surface area contributed by atoms with Crippen molar-refractivity contribution in [2.75, 3.05) is 7.11 Å². The maximum absolute atomic E-state index is 11.3. The molecule has 0 radical (unpaired) electrons. The third-order valence-corrected chi connectivity index (χ3v) is 2.00. The van der Waals surface area contributed by atoms with Gasteiger partial charge in [0.2, 0.25) is 0 Å². The molecule has 0 spiro atoms. The van der Waals surface area contributed by atoms with E-state index in [9.17, 15) is 9.59 Å². The van der Waals surface area contributed by atoms with Crippen LogP contribution in [0.4, 0.5) is 0 Å². The van der Waals surface area contributed by atoms with Crippen LogP contribution in [0.3, 0.4) is 0 Å². The lowest BCUT2D eigenvalue weighted by atomic mass is 10.3. The Hall–Kier alpha value is -1.50. The lowest BCUT2D eigenvalue weighted by Crippen LogP contribution is -2.39. The van der Waals surface area contributed by atoms with Crippen molar-refractivity contribution in [2.45, 2.75) is 13.0 Å². The second kappa shape index (κ2) is 4.66. The zero-order chi connectivity index (χ0) is 10.6. The Balaban J connectivity index is 2.53. The summed E-state index contributed by atoms with van der Waals surface area (Å²) in [6.45, 7) is 1.53. The molecule has 0 bridgehead atoms. The van der Waals surface area contributed by atoms with Gasteiger partial charge in [-0.15, -0.1) is 5.10 Å². The number of carbonyl (C=O) groups excluding carboxylic acids is 2. The fourth-order valence-electron chi connectivity index (χ4n) is 0.770. The molecular formula is C7H9N3O3S. The van der Waals surface area contributed by atoms with Gasteiger partial charge in [0, 0.05) is 5.38 Å². The van der Waals surface area contributed by atoms with Crippen molar-refractivity contribution < 1.29 is 14.3 Å². The fraction of sp³-hybridized carbons (Fsp3) is 0.429. The molecule has 0 aliphatic carbocycles. The van der Waals surface area contributed by atoms with Crippen LogP contribution in [0.2, 0.25) is 0 Å². The van der Waals surface area contributed by atoms with E-state index >= 15 is 0 Å². The molecule has 76 valence electrons. The van der Waals surface area contributed by atoms with E-state index in [4.69, 9.17) is 0 Å². The number of rotatable bonds is 3. The Labute approximate surface area is 84.4 Å². The van der Waals surface area contributed by atoms with E-state index in [0.29, 0.717) is 0 Å². The van der Waals surface area contributed by atoms with Crippen LogP contribution in [0.5, 0.6) is 0 Å². The van der Waals surface area contributed by atoms with Crippen molar-refractivity contribution in [3.63, 3.8) is 0 Å². The molecule has 1 atom stereocenters. The Morgan fingerprint density at radius 3 is 2.86 bits per heavy atom. The first-order valence-electron chi connectivity index (χ1n) is 3.81. The van der Waals surface area contributed by atoms with Gasteiger partial charge < -0.3 is 10.1 Å². The second-order valence-corrected chi connectivity index (χ2v) is 3.12. The quantitative estimate of drug-likeness (QED) is 0.708. The number of methoxy groups -OCH3 is 1. The number of amides is 1. The fourth-order valence-corrected chi connectivity index (χ4v) is 1.21. The molecule has 0 aliphatic rings. The molecule has 1 N–H and O–H groups in total. The molecule has 0 fully saturated rings. The van der Waals surface area contributed by atoms with Crippen LogP contribution in [0.25, 0.3) is 0 Å². The van der Waals surface area contributed by atoms with Crippen LogP contribution < -0.4 is 5.32 Å². The number of nitrogens with zero attached hydrogens (tertiary/aromatic N) is 2. The zero-order valence-corrected chi connectivity index (χ0v) is 8.50. The SMILES string of the molecule is COC(=O)C(C)NC(=O)c1csnn1. The summed E-state index contributed by atoms with van der Waals surface area (Å²) in [5, 5.41) is 7.48. The first-order chi connectivity index (χ1) is 6.65. The monoisotopic (exact) mass is 215 g/mol. The van der Waals surface area contributed by atoms with Gasteiger partial charge >= 0.3 is 5.97 Å². The van der Waals surface area contributed by atoms with E-state index in [0.717, 1.165) is 11.5 Å². The van der Waals surface area contributed by atoms with Crippen LogP contribution in [0, 0.1) is 0 Å². The van der Waals surface area contributed by atoms with Gasteiger partial charge in [-0.2, -0.15) is 0 Å². The molecule has 14 heavy (non-hydrogen) atoms. The van der Waals surface area contributed by atoms with Crippen molar-refractivity contribution in [3.8, 4) is 0 Å². The number of aromatic nitrogens is 2. The smallest absolute Gasteiger partial charge is 0.328 e. The molecule has 0 saturated carbocycles. The van der Waals surface area contributed by atoms with Gasteiger partial charge in [0.25, 0.3) is 5.91 Å². The number of nitrogens with one attached hydrogen (secondary N) is 1. The standard InChI is InChI=1S/C7H9N3O3S/c1-4(7(12)13-2)8-6(11)5-3-14-10-9-5/h3-4H,1-2H3,(H,8,11). The summed E-state index contributed by atoms with van der Waals surface area (Å²) in [7, 11) is 1.26. The second-order valence-electron chi connectivity index (χ2n) is 2.51. The van der Waals surface area contributed by atoms with Gasteiger partial charge in [-0.05, 0) is 18.5 Å². The molecule has 0 aliphatic heterocycles. The highest BCUT2D eigenvalue weighted by Crippen LogP contribution is 1.97. The lowest BCUT2D eigenvalue weighted by molar-refractivity contribution is -0.142. The third-order valence-electron chi connectivity index (χ3n) is 1.50. The highest BCUT2D eigenvalue weighted by molar-refractivity contribution is 7.03. The van der Waals surface area contributed by atoms with E-state index in [2.05, 4.69) is 19.6 Å². The van der Waals surface area contributed by atoms with E-state index in [1.807, 2.05) is 0 Å². The Kier molecular flexibility index (Phi) is 3.52. The normalized spacial score (nSPS) is 11.9. The highest BCUT2D eigenvalue weighted by atomic mass is 32.1. The van der Waals surface area contributed by atoms with Gasteiger partial charge in [0.1, 0.15) is 6.04 Å². The lowest BCUT2D eigenvalue weighted by Gasteiger charge is -2.09. The predicted octanol–water partition coefficient (Wildman–Crippen LogP) is -0.171. The molecule has 7 heteroatoms. The van der Waals surface area contributed by atoms with Gasteiger partial charge in [0.05, 0.1) is 7.11 Å². The number of hydrogen-bond acceptors (Lipinski definition) is 6.